The highest BCUT2D eigenvalue weighted by atomic mass is 16.2. The molecule has 28 heavy (non-hydrogen) atoms. The van der Waals surface area contributed by atoms with E-state index >= 15 is 0 Å². The number of fused-ring (bicyclic) bond motifs is 2. The summed E-state index contributed by atoms with van der Waals surface area (Å²) >= 11 is 0. The van der Waals surface area contributed by atoms with E-state index < -0.39 is 23.8 Å². The molecular weight excluding hydrogens is 362 g/mol. The minimum Gasteiger partial charge on any atom is -0.302 e. The Labute approximate surface area is 160 Å². The number of aldehydes is 1. The zero-order chi connectivity index (χ0) is 19.6. The highest BCUT2D eigenvalue weighted by Gasteiger charge is 2.49. The van der Waals surface area contributed by atoms with Crippen LogP contribution in [0.4, 0.5) is 0 Å². The van der Waals surface area contributed by atoms with E-state index in [9.17, 15) is 24.0 Å². The summed E-state index contributed by atoms with van der Waals surface area (Å²) in [7, 11) is 0. The number of hydrogen-bond acceptors (Lipinski definition) is 6. The molecular formula is C20H19N3O5. The quantitative estimate of drug-likeness (QED) is 0.569. The number of imide groups is 2. The molecule has 1 N–H and O–H groups in total. The highest BCUT2D eigenvalue weighted by molar-refractivity contribution is 6.23. The van der Waals surface area contributed by atoms with Crippen molar-refractivity contribution in [3.63, 3.8) is 0 Å². The summed E-state index contributed by atoms with van der Waals surface area (Å²) in [5.41, 5.74) is 2.91. The van der Waals surface area contributed by atoms with Crippen LogP contribution in [-0.2, 0) is 27.2 Å². The topological polar surface area (TPSA) is 104 Å². The Morgan fingerprint density at radius 3 is 2.18 bits per heavy atom. The fourth-order valence-electron chi connectivity index (χ4n) is 5.17. The summed E-state index contributed by atoms with van der Waals surface area (Å²) in [6.07, 6.45) is 2.83. The predicted octanol–water partition coefficient (Wildman–Crippen LogP) is -0.313. The zero-order valence-corrected chi connectivity index (χ0v) is 15.2. The average molecular weight is 381 g/mol. The van der Waals surface area contributed by atoms with Gasteiger partial charge in [-0.25, -0.2) is 0 Å². The molecule has 3 aliphatic heterocycles. The van der Waals surface area contributed by atoms with Gasteiger partial charge < -0.3 is 4.79 Å². The molecule has 2 fully saturated rings. The lowest BCUT2D eigenvalue weighted by atomic mass is 9.77. The Bertz CT molecular complexity index is 916. The lowest BCUT2D eigenvalue weighted by Crippen LogP contribution is -2.57. The number of nitrogens with zero attached hydrogens (tertiary/aromatic N) is 2. The number of carbonyl (C=O) groups is 5. The van der Waals surface area contributed by atoms with Crippen LogP contribution in [0.25, 0.3) is 0 Å². The van der Waals surface area contributed by atoms with Gasteiger partial charge in [0.1, 0.15) is 12.3 Å². The second-order valence-corrected chi connectivity index (χ2v) is 8.30. The van der Waals surface area contributed by atoms with E-state index in [1.807, 2.05) is 0 Å². The largest absolute Gasteiger partial charge is 0.302 e. The molecule has 1 aromatic rings. The number of benzene rings is 1. The van der Waals surface area contributed by atoms with Crippen LogP contribution in [0.2, 0.25) is 0 Å². The van der Waals surface area contributed by atoms with Crippen LogP contribution in [0.15, 0.2) is 12.1 Å². The monoisotopic (exact) mass is 381 g/mol. The molecule has 0 bridgehead atoms. The number of nitrogens with one attached hydrogen (secondary N) is 1. The molecule has 1 spiro atoms. The molecule has 4 aliphatic rings. The normalized spacial score (nSPS) is 25.6. The van der Waals surface area contributed by atoms with E-state index in [-0.39, 0.29) is 24.2 Å². The fourth-order valence-corrected chi connectivity index (χ4v) is 5.17. The maximum Gasteiger partial charge on any atom is 0.262 e. The van der Waals surface area contributed by atoms with Gasteiger partial charge in [-0.3, -0.25) is 34.3 Å². The summed E-state index contributed by atoms with van der Waals surface area (Å²) in [6.45, 7) is 2.12. The highest BCUT2D eigenvalue weighted by Crippen LogP contribution is 2.45. The van der Waals surface area contributed by atoms with E-state index in [2.05, 4.69) is 10.2 Å². The number of rotatable bonds is 3. The van der Waals surface area contributed by atoms with Gasteiger partial charge in [-0.05, 0) is 42.5 Å². The van der Waals surface area contributed by atoms with Crippen LogP contribution in [0.1, 0.15) is 44.7 Å². The Kier molecular flexibility index (Phi) is 3.58. The van der Waals surface area contributed by atoms with Gasteiger partial charge in [0.2, 0.25) is 11.8 Å². The second kappa shape index (κ2) is 5.81. The maximum absolute atomic E-state index is 12.9. The molecule has 0 saturated carbocycles. The molecule has 144 valence electrons. The Hall–Kier alpha value is -2.87. The van der Waals surface area contributed by atoms with Crippen molar-refractivity contribution in [3.8, 4) is 0 Å². The van der Waals surface area contributed by atoms with Crippen molar-refractivity contribution in [3.05, 3.63) is 34.4 Å². The van der Waals surface area contributed by atoms with Crippen LogP contribution in [-0.4, -0.2) is 65.4 Å². The van der Waals surface area contributed by atoms with Gasteiger partial charge in [0.15, 0.2) is 0 Å². The first-order valence-electron chi connectivity index (χ1n) is 9.44. The molecule has 1 unspecified atom stereocenters. The zero-order valence-electron chi connectivity index (χ0n) is 15.2. The van der Waals surface area contributed by atoms with Crippen molar-refractivity contribution < 1.29 is 24.0 Å². The third-order valence-corrected chi connectivity index (χ3v) is 6.34. The summed E-state index contributed by atoms with van der Waals surface area (Å²) in [5, 5.41) is 2.21. The van der Waals surface area contributed by atoms with Crippen molar-refractivity contribution >= 4 is 29.9 Å². The number of likely N-dealkylation sites (tertiary alicyclic amines) is 1. The van der Waals surface area contributed by atoms with Gasteiger partial charge in [0.05, 0.1) is 17.7 Å². The van der Waals surface area contributed by atoms with Crippen LogP contribution in [0.5, 0.6) is 0 Å². The van der Waals surface area contributed by atoms with Crippen LogP contribution in [0.3, 0.4) is 0 Å². The molecule has 2 saturated heterocycles. The average Bonchev–Trinajstić information content (AvgIpc) is 3.10. The Morgan fingerprint density at radius 2 is 1.64 bits per heavy atom. The molecule has 1 atom stereocenters. The van der Waals surface area contributed by atoms with Crippen LogP contribution >= 0.6 is 0 Å². The fraction of sp³-hybridized carbons (Fsp3) is 0.450. The van der Waals surface area contributed by atoms with Crippen LogP contribution < -0.4 is 5.32 Å². The predicted molar refractivity (Wildman–Crippen MR) is 95.5 cm³/mol. The summed E-state index contributed by atoms with van der Waals surface area (Å²) in [5.74, 6) is -1.91. The Morgan fingerprint density at radius 1 is 1.04 bits per heavy atom. The van der Waals surface area contributed by atoms with Gasteiger partial charge in [0, 0.05) is 24.9 Å². The molecule has 5 rings (SSSR count). The Balaban J connectivity index is 1.40. The van der Waals surface area contributed by atoms with Gasteiger partial charge in [-0.15, -0.1) is 0 Å². The first-order chi connectivity index (χ1) is 13.4. The molecule has 1 aliphatic carbocycles. The molecule has 0 aromatic heterocycles. The van der Waals surface area contributed by atoms with Crippen molar-refractivity contribution in [1.82, 2.24) is 15.1 Å². The van der Waals surface area contributed by atoms with E-state index in [1.165, 1.54) is 0 Å². The SMILES string of the molecule is O=CCN1CC2(Cc3cc4c(cc3C2)C(=O)N(C2CCC(=O)NC2=O)C4=O)C1. The first-order valence-corrected chi connectivity index (χ1v) is 9.44. The molecule has 0 radical (unpaired) electrons. The molecule has 1 aromatic carbocycles. The third kappa shape index (κ3) is 2.37. The van der Waals surface area contributed by atoms with Gasteiger partial charge in [-0.2, -0.15) is 0 Å². The van der Waals surface area contributed by atoms with Gasteiger partial charge in [0.25, 0.3) is 11.8 Å². The van der Waals surface area contributed by atoms with E-state index in [4.69, 9.17) is 0 Å². The van der Waals surface area contributed by atoms with Crippen molar-refractivity contribution in [2.75, 3.05) is 19.6 Å². The molecule has 8 heteroatoms. The third-order valence-electron chi connectivity index (χ3n) is 6.34. The molecule has 3 heterocycles. The smallest absolute Gasteiger partial charge is 0.262 e. The number of carbonyl (C=O) groups excluding carboxylic acids is 5. The summed E-state index contributed by atoms with van der Waals surface area (Å²) < 4.78 is 0. The van der Waals surface area contributed by atoms with E-state index in [1.54, 1.807) is 12.1 Å². The van der Waals surface area contributed by atoms with E-state index in [0.717, 1.165) is 48.2 Å². The number of piperidine rings is 1. The van der Waals surface area contributed by atoms with Crippen LogP contribution in [0, 0.1) is 5.41 Å². The minimum atomic E-state index is -0.935. The van der Waals surface area contributed by atoms with Crippen molar-refractivity contribution in [2.24, 2.45) is 5.41 Å². The standard InChI is InChI=1S/C20H19N3O5/c24-4-3-22-9-20(10-22)7-11-5-13-14(6-12(11)8-20)19(28)23(18(13)27)15-1-2-16(25)21-17(15)26/h4-6,15H,1-3,7-10H2,(H,21,25,26). The van der Waals surface area contributed by atoms with Crippen molar-refractivity contribution in [1.29, 1.82) is 0 Å². The van der Waals surface area contributed by atoms with Crippen molar-refractivity contribution in [2.45, 2.75) is 31.7 Å². The number of amides is 4. The van der Waals surface area contributed by atoms with Gasteiger partial charge >= 0.3 is 0 Å². The second-order valence-electron chi connectivity index (χ2n) is 8.30. The minimum absolute atomic E-state index is 0.0931. The molecule has 4 amide bonds. The van der Waals surface area contributed by atoms with Gasteiger partial charge in [-0.1, -0.05) is 0 Å². The van der Waals surface area contributed by atoms with E-state index in [0.29, 0.717) is 17.7 Å². The summed E-state index contributed by atoms with van der Waals surface area (Å²) in [4.78, 5) is 63.1. The lowest BCUT2D eigenvalue weighted by Gasteiger charge is -2.47. The lowest BCUT2D eigenvalue weighted by molar-refractivity contribution is -0.136. The first kappa shape index (κ1) is 17.2. The maximum atomic E-state index is 12.9. The number of hydrogen-bond donors (Lipinski definition) is 1. The molecule has 8 nitrogen and oxygen atoms in total. The summed E-state index contributed by atoms with van der Waals surface area (Å²) in [6, 6.07) is 2.66.